The van der Waals surface area contributed by atoms with Crippen LogP contribution in [0, 0.1) is 23.7 Å². The van der Waals surface area contributed by atoms with E-state index in [1.54, 1.807) is 18.2 Å². The average molecular weight is 578 g/mol. The Morgan fingerprint density at radius 2 is 1.70 bits per heavy atom. The molecule has 1 saturated heterocycles. The number of amides is 3. The molecule has 3 N–H and O–H groups in total. The molecule has 2 aromatic carbocycles. The zero-order valence-electron chi connectivity index (χ0n) is 21.7. The van der Waals surface area contributed by atoms with E-state index in [0.29, 0.717) is 34.9 Å². The lowest BCUT2D eigenvalue weighted by Gasteiger charge is -2.59. The van der Waals surface area contributed by atoms with Crippen LogP contribution in [0.4, 0.5) is 29.3 Å². The molecule has 7 rings (SSSR count). The fraction of sp³-hybridized carbons (Fsp3) is 0.517. The van der Waals surface area contributed by atoms with Crippen LogP contribution in [0.15, 0.2) is 42.5 Å². The van der Waals surface area contributed by atoms with E-state index in [-0.39, 0.29) is 29.3 Å². The molecule has 5 aliphatic rings. The number of hydrogen-bond acceptors (Lipinski definition) is 4. The van der Waals surface area contributed by atoms with Crippen LogP contribution < -0.4 is 15.4 Å². The van der Waals surface area contributed by atoms with Gasteiger partial charge in [-0.15, -0.1) is 13.2 Å². The first-order chi connectivity index (χ1) is 18.9. The molecule has 2 aromatic rings. The maximum absolute atomic E-state index is 13.5. The van der Waals surface area contributed by atoms with E-state index in [4.69, 9.17) is 11.6 Å². The van der Waals surface area contributed by atoms with Gasteiger partial charge in [-0.1, -0.05) is 17.7 Å². The third-order valence-electron chi connectivity index (χ3n) is 9.02. The molecular formula is C29H31ClF3N3O4. The minimum absolute atomic E-state index is 0.149. The molecule has 40 heavy (non-hydrogen) atoms. The number of nitrogens with zero attached hydrogens (tertiary/aromatic N) is 1. The Morgan fingerprint density at radius 1 is 1.05 bits per heavy atom. The molecule has 4 bridgehead atoms. The van der Waals surface area contributed by atoms with Crippen molar-refractivity contribution in [1.82, 2.24) is 4.90 Å². The third-order valence-corrected chi connectivity index (χ3v) is 9.38. The van der Waals surface area contributed by atoms with Gasteiger partial charge in [0, 0.05) is 34.9 Å². The summed E-state index contributed by atoms with van der Waals surface area (Å²) in [6.45, 7) is 0.741. The number of alkyl halides is 3. The molecule has 1 aliphatic heterocycles. The molecule has 7 nitrogen and oxygen atoms in total. The van der Waals surface area contributed by atoms with Crippen molar-refractivity contribution in [2.75, 3.05) is 17.2 Å². The molecule has 4 aliphatic carbocycles. The molecule has 0 aromatic heterocycles. The van der Waals surface area contributed by atoms with Gasteiger partial charge in [-0.3, -0.25) is 4.79 Å². The van der Waals surface area contributed by atoms with Gasteiger partial charge in [-0.05, 0) is 105 Å². The highest BCUT2D eigenvalue weighted by molar-refractivity contribution is 6.31. The van der Waals surface area contributed by atoms with Crippen molar-refractivity contribution in [2.24, 2.45) is 23.7 Å². The molecule has 11 heteroatoms. The number of urea groups is 1. The predicted molar refractivity (Wildman–Crippen MR) is 143 cm³/mol. The maximum atomic E-state index is 13.5. The maximum Gasteiger partial charge on any atom is 0.573 e. The number of benzene rings is 2. The Bertz CT molecular complexity index is 1290. The van der Waals surface area contributed by atoms with Crippen LogP contribution in [-0.4, -0.2) is 46.5 Å². The number of nitrogens with one attached hydrogen (secondary N) is 2. The fourth-order valence-electron chi connectivity index (χ4n) is 7.80. The topological polar surface area (TPSA) is 90.9 Å². The number of aliphatic hydroxyl groups is 1. The summed E-state index contributed by atoms with van der Waals surface area (Å²) in [5, 5.41) is 16.6. The average Bonchev–Trinajstić information content (AvgIpc) is 3.19. The summed E-state index contributed by atoms with van der Waals surface area (Å²) in [6, 6.07) is 9.57. The lowest BCUT2D eigenvalue weighted by molar-refractivity contribution is -0.274. The van der Waals surface area contributed by atoms with Gasteiger partial charge < -0.3 is 25.4 Å². The van der Waals surface area contributed by atoms with Crippen molar-refractivity contribution < 1.29 is 32.6 Å². The van der Waals surface area contributed by atoms with E-state index in [1.165, 1.54) is 12.1 Å². The van der Waals surface area contributed by atoms with E-state index in [9.17, 15) is 27.9 Å². The normalized spacial score (nSPS) is 31.0. The summed E-state index contributed by atoms with van der Waals surface area (Å²) in [6.07, 6.45) is 1.27. The molecule has 4 saturated carbocycles. The van der Waals surface area contributed by atoms with E-state index in [0.717, 1.165) is 62.8 Å². The zero-order chi connectivity index (χ0) is 28.2. The predicted octanol–water partition coefficient (Wildman–Crippen LogP) is 6.21. The number of halogens is 4. The van der Waals surface area contributed by atoms with E-state index < -0.39 is 18.0 Å². The first-order valence-corrected chi connectivity index (χ1v) is 14.1. The minimum atomic E-state index is -4.79. The molecule has 3 amide bonds. The van der Waals surface area contributed by atoms with Crippen LogP contribution in [0.5, 0.6) is 5.75 Å². The largest absolute Gasteiger partial charge is 0.573 e. The van der Waals surface area contributed by atoms with E-state index >= 15 is 0 Å². The van der Waals surface area contributed by atoms with Crippen molar-refractivity contribution in [3.63, 3.8) is 0 Å². The second-order valence-corrected chi connectivity index (χ2v) is 12.3. The summed E-state index contributed by atoms with van der Waals surface area (Å²) >= 11 is 6.54. The second-order valence-electron chi connectivity index (χ2n) is 11.9. The number of carbonyl (C=O) groups excluding carboxylic acids is 2. The Balaban J connectivity index is 1.04. The Morgan fingerprint density at radius 3 is 2.33 bits per heavy atom. The smallest absolute Gasteiger partial charge is 0.406 e. The van der Waals surface area contributed by atoms with Crippen molar-refractivity contribution in [3.05, 3.63) is 53.1 Å². The van der Waals surface area contributed by atoms with Crippen LogP contribution in [0.1, 0.15) is 44.1 Å². The highest BCUT2D eigenvalue weighted by atomic mass is 35.5. The van der Waals surface area contributed by atoms with Crippen molar-refractivity contribution in [2.45, 2.75) is 63.0 Å². The fourth-order valence-corrected chi connectivity index (χ4v) is 8.06. The molecule has 214 valence electrons. The van der Waals surface area contributed by atoms with Gasteiger partial charge in [0.1, 0.15) is 5.75 Å². The SMILES string of the molecule is O=C(Nc1ccc(OC(F)(F)F)cc1)Nc1ccc(CC2CCN(C3C4CC5CC3CC(O)(C5)C4)C2=O)c(Cl)c1. The van der Waals surface area contributed by atoms with Crippen molar-refractivity contribution >= 4 is 34.9 Å². The van der Waals surface area contributed by atoms with Gasteiger partial charge in [0.15, 0.2) is 0 Å². The molecular weight excluding hydrogens is 547 g/mol. The summed E-state index contributed by atoms with van der Waals surface area (Å²) in [4.78, 5) is 28.0. The summed E-state index contributed by atoms with van der Waals surface area (Å²) in [5.41, 5.74) is 1.03. The lowest BCUT2D eigenvalue weighted by Crippen LogP contribution is -2.62. The lowest BCUT2D eigenvalue weighted by atomic mass is 9.52. The third kappa shape index (κ3) is 5.61. The van der Waals surface area contributed by atoms with Crippen LogP contribution >= 0.6 is 11.6 Å². The molecule has 0 spiro atoms. The molecule has 3 unspecified atom stereocenters. The number of hydrogen-bond donors (Lipinski definition) is 3. The minimum Gasteiger partial charge on any atom is -0.406 e. The monoisotopic (exact) mass is 577 g/mol. The Hall–Kier alpha value is -2.98. The van der Waals surface area contributed by atoms with Gasteiger partial charge in [0.25, 0.3) is 0 Å². The van der Waals surface area contributed by atoms with Crippen LogP contribution in [-0.2, 0) is 11.2 Å². The number of anilines is 2. The van der Waals surface area contributed by atoms with Crippen molar-refractivity contribution in [3.8, 4) is 5.75 Å². The van der Waals surface area contributed by atoms with Crippen molar-refractivity contribution in [1.29, 1.82) is 0 Å². The molecule has 0 radical (unpaired) electrons. The number of ether oxygens (including phenoxy) is 1. The molecule has 5 fully saturated rings. The number of likely N-dealkylation sites (tertiary alicyclic amines) is 1. The van der Waals surface area contributed by atoms with E-state index in [2.05, 4.69) is 20.3 Å². The van der Waals surface area contributed by atoms with Crippen LogP contribution in [0.25, 0.3) is 0 Å². The first kappa shape index (κ1) is 27.2. The Labute approximate surface area is 235 Å². The van der Waals surface area contributed by atoms with Crippen LogP contribution in [0.3, 0.4) is 0 Å². The number of rotatable bonds is 6. The first-order valence-electron chi connectivity index (χ1n) is 13.7. The van der Waals surface area contributed by atoms with E-state index in [1.807, 2.05) is 0 Å². The highest BCUT2D eigenvalue weighted by Gasteiger charge is 2.57. The molecule has 3 atom stereocenters. The van der Waals surface area contributed by atoms with Gasteiger partial charge in [0.2, 0.25) is 5.91 Å². The standard InChI is InChI=1S/C29H31ClF3N3O4/c30-24-12-22(35-27(38)34-21-3-5-23(6-4-21)40-29(31,32)33)2-1-17(24)11-18-7-8-36(26(18)37)25-19-9-16-10-20(25)15-28(39,13-16)14-19/h1-6,12,16,18-20,25,39H,7-11,13-15H2,(H2,34,35,38). The Kier molecular flexibility index (Phi) is 6.89. The van der Waals surface area contributed by atoms with Crippen LogP contribution in [0.2, 0.25) is 5.02 Å². The summed E-state index contributed by atoms with van der Waals surface area (Å²) in [5.74, 6) is 1.02. The quantitative estimate of drug-likeness (QED) is 0.380. The second kappa shape index (κ2) is 10.1. The summed E-state index contributed by atoms with van der Waals surface area (Å²) < 4.78 is 40.8. The molecule has 1 heterocycles. The number of carbonyl (C=O) groups is 2. The van der Waals surface area contributed by atoms with Gasteiger partial charge >= 0.3 is 12.4 Å². The van der Waals surface area contributed by atoms with Gasteiger partial charge in [0.05, 0.1) is 5.60 Å². The highest BCUT2D eigenvalue weighted by Crippen LogP contribution is 2.57. The zero-order valence-corrected chi connectivity index (χ0v) is 22.5. The summed E-state index contributed by atoms with van der Waals surface area (Å²) in [7, 11) is 0. The van der Waals surface area contributed by atoms with Gasteiger partial charge in [-0.2, -0.15) is 0 Å². The van der Waals surface area contributed by atoms with Gasteiger partial charge in [-0.25, -0.2) is 4.79 Å².